The SMILES string of the molecule is Cc1cccc2c1OB(O)[C@@H](CC(=O)C(NC(=O)N1CCN(CCF)C(=O)C1=O)c1ncc(O)cc1F)C2. The van der Waals surface area contributed by atoms with Gasteiger partial charge in [-0.2, -0.15) is 0 Å². The molecule has 0 saturated carbocycles. The number of urea groups is 1. The van der Waals surface area contributed by atoms with E-state index in [0.29, 0.717) is 16.7 Å². The number of amides is 4. The van der Waals surface area contributed by atoms with E-state index in [0.717, 1.165) is 22.2 Å². The molecule has 0 radical (unpaired) electrons. The van der Waals surface area contributed by atoms with Crippen molar-refractivity contribution in [3.63, 3.8) is 0 Å². The molecule has 200 valence electrons. The molecule has 3 heterocycles. The molecule has 2 aromatic rings. The van der Waals surface area contributed by atoms with Crippen molar-refractivity contribution in [2.24, 2.45) is 0 Å². The van der Waals surface area contributed by atoms with E-state index in [4.69, 9.17) is 4.65 Å². The molecule has 3 N–H and O–H groups in total. The monoisotopic (exact) mass is 530 g/mol. The van der Waals surface area contributed by atoms with Crippen LogP contribution in [-0.4, -0.2) is 82.0 Å². The quantitative estimate of drug-likeness (QED) is 0.356. The first-order chi connectivity index (χ1) is 18.1. The molecule has 14 heteroatoms. The predicted octanol–water partition coefficient (Wildman–Crippen LogP) is 1.07. The second-order valence-electron chi connectivity index (χ2n) is 9.09. The Morgan fingerprint density at radius 2 is 2.05 bits per heavy atom. The number of aryl methyl sites for hydroxylation is 1. The van der Waals surface area contributed by atoms with E-state index in [-0.39, 0.29) is 32.5 Å². The Kier molecular flexibility index (Phi) is 7.90. The average molecular weight is 530 g/mol. The first-order valence-electron chi connectivity index (χ1n) is 11.9. The number of pyridine rings is 1. The van der Waals surface area contributed by atoms with Crippen LogP contribution < -0.4 is 9.97 Å². The number of hydrogen-bond acceptors (Lipinski definition) is 8. The third-order valence-corrected chi connectivity index (χ3v) is 6.51. The molecular weight excluding hydrogens is 505 g/mol. The fourth-order valence-corrected chi connectivity index (χ4v) is 4.53. The van der Waals surface area contributed by atoms with Gasteiger partial charge in [0.2, 0.25) is 0 Å². The van der Waals surface area contributed by atoms with E-state index >= 15 is 0 Å². The highest BCUT2D eigenvalue weighted by Crippen LogP contribution is 2.37. The molecule has 11 nitrogen and oxygen atoms in total. The van der Waals surface area contributed by atoms with Crippen LogP contribution in [0.4, 0.5) is 13.6 Å². The van der Waals surface area contributed by atoms with Crippen LogP contribution in [0.1, 0.15) is 29.3 Å². The number of piperazine rings is 1. The summed E-state index contributed by atoms with van der Waals surface area (Å²) in [5.74, 6) is -4.92. The number of imide groups is 1. The summed E-state index contributed by atoms with van der Waals surface area (Å²) in [6.45, 7) is 0.253. The molecular formula is C24H25BF2N4O7. The van der Waals surface area contributed by atoms with E-state index in [9.17, 15) is 38.1 Å². The number of benzene rings is 1. The number of ketones is 1. The first kappa shape index (κ1) is 27.0. The van der Waals surface area contributed by atoms with Gasteiger partial charge in [0.15, 0.2) is 11.6 Å². The highest BCUT2D eigenvalue weighted by Gasteiger charge is 2.41. The van der Waals surface area contributed by atoms with Crippen LogP contribution in [0, 0.1) is 12.7 Å². The van der Waals surface area contributed by atoms with Gasteiger partial charge in [-0.3, -0.25) is 24.3 Å². The van der Waals surface area contributed by atoms with E-state index in [1.807, 2.05) is 13.0 Å². The smallest absolute Gasteiger partial charge is 0.526 e. The molecule has 2 aliphatic rings. The molecule has 1 fully saturated rings. The van der Waals surface area contributed by atoms with Gasteiger partial charge in [-0.1, -0.05) is 18.2 Å². The predicted molar refractivity (Wildman–Crippen MR) is 128 cm³/mol. The topological polar surface area (TPSA) is 149 Å². The minimum Gasteiger partial charge on any atom is -0.536 e. The van der Waals surface area contributed by atoms with Gasteiger partial charge in [-0.15, -0.1) is 0 Å². The van der Waals surface area contributed by atoms with Crippen molar-refractivity contribution in [2.45, 2.75) is 31.6 Å². The number of nitrogens with one attached hydrogen (secondary N) is 1. The number of rotatable bonds is 7. The van der Waals surface area contributed by atoms with Gasteiger partial charge in [0.25, 0.3) is 0 Å². The number of para-hydroxylation sites is 1. The van der Waals surface area contributed by atoms with Crippen molar-refractivity contribution in [3.8, 4) is 11.5 Å². The molecule has 0 aliphatic carbocycles. The number of aromatic hydroxyl groups is 1. The summed E-state index contributed by atoms with van der Waals surface area (Å²) in [5.41, 5.74) is 1.04. The number of halogens is 2. The number of fused-ring (bicyclic) bond motifs is 1. The van der Waals surface area contributed by atoms with Gasteiger partial charge >= 0.3 is 25.0 Å². The minimum absolute atomic E-state index is 0.114. The molecule has 1 aromatic heterocycles. The van der Waals surface area contributed by atoms with Crippen LogP contribution in [0.25, 0.3) is 0 Å². The number of alkyl halides is 1. The zero-order chi connectivity index (χ0) is 27.6. The maximum atomic E-state index is 14.7. The second kappa shape index (κ2) is 11.1. The van der Waals surface area contributed by atoms with E-state index in [2.05, 4.69) is 10.3 Å². The summed E-state index contributed by atoms with van der Waals surface area (Å²) in [7, 11) is -1.36. The van der Waals surface area contributed by atoms with Crippen LogP contribution in [0.3, 0.4) is 0 Å². The van der Waals surface area contributed by atoms with Gasteiger partial charge < -0.3 is 25.0 Å². The summed E-state index contributed by atoms with van der Waals surface area (Å²) in [6, 6.07) is 3.23. The van der Waals surface area contributed by atoms with Crippen molar-refractivity contribution in [1.82, 2.24) is 20.1 Å². The summed E-state index contributed by atoms with van der Waals surface area (Å²) in [5, 5.41) is 22.3. The Morgan fingerprint density at radius 3 is 2.76 bits per heavy atom. The lowest BCUT2D eigenvalue weighted by molar-refractivity contribution is -0.153. The van der Waals surface area contributed by atoms with Crippen molar-refractivity contribution >= 4 is 30.7 Å². The third kappa shape index (κ3) is 5.44. The van der Waals surface area contributed by atoms with Crippen molar-refractivity contribution < 1.29 is 42.7 Å². The number of carbonyl (C=O) groups excluding carboxylic acids is 4. The van der Waals surface area contributed by atoms with Gasteiger partial charge in [0.05, 0.1) is 6.20 Å². The summed E-state index contributed by atoms with van der Waals surface area (Å²) in [6.07, 6.45) is 0.783. The zero-order valence-electron chi connectivity index (χ0n) is 20.4. The van der Waals surface area contributed by atoms with Crippen LogP contribution in [0.2, 0.25) is 5.82 Å². The fourth-order valence-electron chi connectivity index (χ4n) is 4.53. The van der Waals surface area contributed by atoms with Gasteiger partial charge in [0.1, 0.15) is 29.9 Å². The summed E-state index contributed by atoms with van der Waals surface area (Å²) >= 11 is 0. The largest absolute Gasteiger partial charge is 0.536 e. The molecule has 4 rings (SSSR count). The number of carbonyl (C=O) groups is 4. The first-order valence-corrected chi connectivity index (χ1v) is 11.9. The Bertz CT molecular complexity index is 1280. The maximum Gasteiger partial charge on any atom is 0.526 e. The number of hydrogen-bond donors (Lipinski definition) is 3. The molecule has 1 unspecified atom stereocenters. The van der Waals surface area contributed by atoms with E-state index < -0.39 is 66.5 Å². The van der Waals surface area contributed by atoms with Gasteiger partial charge in [0, 0.05) is 37.9 Å². The summed E-state index contributed by atoms with van der Waals surface area (Å²) in [4.78, 5) is 56.3. The zero-order valence-corrected chi connectivity index (χ0v) is 20.4. The molecule has 1 aromatic carbocycles. The Hall–Kier alpha value is -4.07. The van der Waals surface area contributed by atoms with Crippen molar-refractivity contribution in [2.75, 3.05) is 26.3 Å². The summed E-state index contributed by atoms with van der Waals surface area (Å²) < 4.78 is 33.0. The van der Waals surface area contributed by atoms with Gasteiger partial charge in [-0.25, -0.2) is 13.6 Å². The highest BCUT2D eigenvalue weighted by atomic mass is 19.1. The van der Waals surface area contributed by atoms with Crippen LogP contribution in [0.15, 0.2) is 30.5 Å². The second-order valence-corrected chi connectivity index (χ2v) is 9.09. The van der Waals surface area contributed by atoms with Crippen LogP contribution in [-0.2, 0) is 20.8 Å². The molecule has 1 saturated heterocycles. The molecule has 2 aliphatic heterocycles. The van der Waals surface area contributed by atoms with Crippen LogP contribution >= 0.6 is 0 Å². The minimum atomic E-state index is -1.72. The molecule has 0 bridgehead atoms. The number of nitrogens with zero attached hydrogens (tertiary/aromatic N) is 3. The third-order valence-electron chi connectivity index (χ3n) is 6.51. The average Bonchev–Trinajstić information content (AvgIpc) is 2.87. The van der Waals surface area contributed by atoms with E-state index in [1.165, 1.54) is 0 Å². The Morgan fingerprint density at radius 1 is 1.29 bits per heavy atom. The van der Waals surface area contributed by atoms with E-state index in [1.54, 1.807) is 12.1 Å². The Labute approximate surface area is 216 Å². The number of Topliss-reactive ketones (excluding diaryl/α,β-unsaturated/α-hetero) is 1. The van der Waals surface area contributed by atoms with Gasteiger partial charge in [-0.05, 0) is 24.5 Å². The van der Waals surface area contributed by atoms with Crippen molar-refractivity contribution in [3.05, 3.63) is 53.1 Å². The normalized spacial score (nSPS) is 18.1. The number of aromatic nitrogens is 1. The van der Waals surface area contributed by atoms with Crippen molar-refractivity contribution in [1.29, 1.82) is 0 Å². The lowest BCUT2D eigenvalue weighted by atomic mass is 9.64. The lowest BCUT2D eigenvalue weighted by Crippen LogP contribution is -2.59. The standard InChI is InChI=1S/C24H25BF2N4O7/c1-13-3-2-4-14-9-15(25(37)38-21(13)14)10-18(33)20(19-17(27)11-16(32)12-28-19)29-24(36)31-8-7-30(6-5-26)22(34)23(31)35/h2-4,11-12,15,20,32,37H,5-10H2,1H3,(H,29,36)/t15-,20?/m1/s1. The molecule has 38 heavy (non-hydrogen) atoms. The maximum absolute atomic E-state index is 14.7. The Balaban J connectivity index is 1.56. The molecule has 0 spiro atoms. The van der Waals surface area contributed by atoms with Crippen LogP contribution in [0.5, 0.6) is 11.5 Å². The lowest BCUT2D eigenvalue weighted by Gasteiger charge is -2.33. The molecule has 2 atom stereocenters. The molecule has 4 amide bonds. The fraction of sp³-hybridized carbons (Fsp3) is 0.375. The highest BCUT2D eigenvalue weighted by molar-refractivity contribution is 6.46.